The maximum absolute atomic E-state index is 3.66. The van der Waals surface area contributed by atoms with Crippen LogP contribution in [0.15, 0.2) is 12.7 Å². The molecule has 1 saturated heterocycles. The Hall–Kier alpha value is -0.300. The van der Waals surface area contributed by atoms with Gasteiger partial charge in [-0.2, -0.15) is 0 Å². The van der Waals surface area contributed by atoms with Crippen molar-refractivity contribution < 1.29 is 0 Å². The van der Waals surface area contributed by atoms with Crippen LogP contribution in [-0.4, -0.2) is 18.0 Å². The number of rotatable bonds is 2. The summed E-state index contributed by atoms with van der Waals surface area (Å²) in [5.74, 6) is 0. The minimum Gasteiger partial charge on any atom is -0.295 e. The molecule has 0 N–H and O–H groups in total. The van der Waals surface area contributed by atoms with Gasteiger partial charge in [0.15, 0.2) is 0 Å². The van der Waals surface area contributed by atoms with Gasteiger partial charge in [0.25, 0.3) is 0 Å². The molecule has 0 aliphatic carbocycles. The Balaban J connectivity index is 2.15. The molecule has 1 heterocycles. The summed E-state index contributed by atoms with van der Waals surface area (Å²) < 4.78 is 0. The van der Waals surface area contributed by atoms with Gasteiger partial charge >= 0.3 is 0 Å². The van der Waals surface area contributed by atoms with Crippen LogP contribution in [0.4, 0.5) is 0 Å². The van der Waals surface area contributed by atoms with Crippen LogP contribution >= 0.6 is 0 Å². The first-order valence-corrected chi connectivity index (χ1v) is 3.63. The van der Waals surface area contributed by atoms with Crippen molar-refractivity contribution in [3.05, 3.63) is 19.2 Å². The van der Waals surface area contributed by atoms with Crippen LogP contribution in [0, 0.1) is 6.54 Å². The number of nitrogens with zero attached hydrogens (tertiary/aromatic N) is 1. The van der Waals surface area contributed by atoms with Crippen molar-refractivity contribution in [3.8, 4) is 0 Å². The van der Waals surface area contributed by atoms with Gasteiger partial charge < -0.3 is 0 Å². The van der Waals surface area contributed by atoms with Gasteiger partial charge in [0.05, 0.1) is 0 Å². The van der Waals surface area contributed by atoms with E-state index in [1.807, 2.05) is 6.08 Å². The maximum atomic E-state index is 3.66. The lowest BCUT2D eigenvalue weighted by Gasteiger charge is -2.24. The van der Waals surface area contributed by atoms with E-state index in [9.17, 15) is 0 Å². The van der Waals surface area contributed by atoms with Gasteiger partial charge in [-0.15, -0.1) is 6.58 Å². The van der Waals surface area contributed by atoms with Crippen LogP contribution in [0.1, 0.15) is 19.3 Å². The summed E-state index contributed by atoms with van der Waals surface area (Å²) in [5.41, 5.74) is 0. The maximum Gasteiger partial charge on any atom is 0.0467 e. The van der Waals surface area contributed by atoms with Crippen LogP contribution in [0.3, 0.4) is 0 Å². The highest BCUT2D eigenvalue weighted by molar-refractivity contribution is 4.87. The minimum atomic E-state index is 1.23. The zero-order chi connectivity index (χ0) is 6.53. The molecule has 9 heavy (non-hydrogen) atoms. The molecule has 0 aromatic rings. The van der Waals surface area contributed by atoms with Gasteiger partial charge in [0, 0.05) is 6.54 Å². The number of likely N-dealkylation sites (tertiary alicyclic amines) is 1. The van der Waals surface area contributed by atoms with Crippen molar-refractivity contribution in [2.45, 2.75) is 19.3 Å². The summed E-state index contributed by atoms with van der Waals surface area (Å²) in [6.07, 6.45) is 5.97. The average Bonchev–Trinajstić information content (AvgIpc) is 1.91. The predicted octanol–water partition coefficient (Wildman–Crippen LogP) is 1.82. The molecular formula is C8H14N. The standard InChI is InChI=1S/C8H14N/c1-2-6-9-7-4-3-5-8-9/h2,6H,1,3-5,7-8H2/i7+1. The van der Waals surface area contributed by atoms with Crippen molar-refractivity contribution in [1.29, 1.82) is 0 Å². The van der Waals surface area contributed by atoms with E-state index in [2.05, 4.69) is 18.0 Å². The molecule has 1 nitrogen and oxygen atoms in total. The van der Waals surface area contributed by atoms with Crippen LogP contribution in [0.5, 0.6) is 0 Å². The van der Waals surface area contributed by atoms with E-state index in [1.165, 1.54) is 32.4 Å². The second kappa shape index (κ2) is 3.67. The third-order valence-corrected chi connectivity index (χ3v) is 1.71. The van der Waals surface area contributed by atoms with Gasteiger partial charge in [0.1, 0.15) is 0 Å². The minimum absolute atomic E-state index is 1.23. The molecule has 1 aliphatic heterocycles. The molecular weight excluding hydrogens is 111 g/mol. The smallest absolute Gasteiger partial charge is 0.0467 e. The lowest BCUT2D eigenvalue weighted by atomic mass is 10.2. The van der Waals surface area contributed by atoms with Gasteiger partial charge in [-0.3, -0.25) is 4.90 Å². The van der Waals surface area contributed by atoms with Gasteiger partial charge in [-0.05, 0) is 25.9 Å². The van der Waals surface area contributed by atoms with E-state index in [-0.39, 0.29) is 0 Å². The lowest BCUT2D eigenvalue weighted by molar-refractivity contribution is 0.287. The zero-order valence-corrected chi connectivity index (χ0v) is 5.84. The summed E-state index contributed by atoms with van der Waals surface area (Å²) in [6, 6.07) is 0. The fourth-order valence-electron chi connectivity index (χ4n) is 1.22. The second-order valence-corrected chi connectivity index (χ2v) is 2.48. The molecule has 0 spiro atoms. The van der Waals surface area contributed by atoms with Crippen LogP contribution < -0.4 is 0 Å². The fraction of sp³-hybridized carbons (Fsp3) is 0.625. The lowest BCUT2D eigenvalue weighted by Crippen LogP contribution is -2.26. The highest BCUT2D eigenvalue weighted by atomic mass is 15.2. The Morgan fingerprint density at radius 1 is 1.11 bits per heavy atom. The molecule has 1 rings (SSSR count). The molecule has 0 aromatic heterocycles. The highest BCUT2D eigenvalue weighted by Gasteiger charge is 2.06. The monoisotopic (exact) mass is 125 g/mol. The fourth-order valence-corrected chi connectivity index (χ4v) is 1.22. The van der Waals surface area contributed by atoms with Crippen molar-refractivity contribution in [1.82, 2.24) is 4.90 Å². The molecule has 1 fully saturated rings. The van der Waals surface area contributed by atoms with E-state index in [0.717, 1.165) is 0 Å². The summed E-state index contributed by atoms with van der Waals surface area (Å²) in [4.78, 5) is 2.33. The van der Waals surface area contributed by atoms with Crippen LogP contribution in [0.2, 0.25) is 0 Å². The number of hydrogen-bond donors (Lipinski definition) is 0. The van der Waals surface area contributed by atoms with E-state index in [0.29, 0.717) is 0 Å². The van der Waals surface area contributed by atoms with Crippen molar-refractivity contribution in [2.75, 3.05) is 13.1 Å². The molecule has 1 heteroatoms. The first-order chi connectivity index (χ1) is 4.43. The average molecular weight is 125 g/mol. The predicted molar refractivity (Wildman–Crippen MR) is 39.9 cm³/mol. The first-order valence-electron chi connectivity index (χ1n) is 3.63. The largest absolute Gasteiger partial charge is 0.295 e. The summed E-state index contributed by atoms with van der Waals surface area (Å²) in [5, 5.41) is 0. The normalized spacial score (nSPS) is 21.8. The van der Waals surface area contributed by atoms with Crippen LogP contribution in [0.25, 0.3) is 0 Å². The van der Waals surface area contributed by atoms with Crippen molar-refractivity contribution in [2.24, 2.45) is 0 Å². The number of piperidine rings is 1. The quantitative estimate of drug-likeness (QED) is 0.509. The molecule has 1 radical (unpaired) electrons. The highest BCUT2D eigenvalue weighted by Crippen LogP contribution is 2.09. The zero-order valence-electron chi connectivity index (χ0n) is 5.84. The number of hydrogen-bond acceptors (Lipinski definition) is 1. The van der Waals surface area contributed by atoms with E-state index in [4.69, 9.17) is 0 Å². The third kappa shape index (κ3) is 2.19. The van der Waals surface area contributed by atoms with E-state index in [1.54, 1.807) is 0 Å². The summed E-state index contributed by atoms with van der Waals surface area (Å²) in [7, 11) is 0. The molecule has 0 amide bonds. The SMILES string of the molecule is C=C[CH]N1CCCC[13CH2]1. The van der Waals surface area contributed by atoms with Crippen molar-refractivity contribution >= 4 is 0 Å². The molecule has 0 atom stereocenters. The first kappa shape index (κ1) is 6.81. The van der Waals surface area contributed by atoms with Gasteiger partial charge in [0.2, 0.25) is 0 Å². The molecule has 51 valence electrons. The van der Waals surface area contributed by atoms with Crippen molar-refractivity contribution in [3.63, 3.8) is 0 Å². The molecule has 0 unspecified atom stereocenters. The van der Waals surface area contributed by atoms with Gasteiger partial charge in [-0.1, -0.05) is 12.5 Å². The third-order valence-electron chi connectivity index (χ3n) is 1.71. The molecule has 0 bridgehead atoms. The Labute approximate surface area is 57.4 Å². The Morgan fingerprint density at radius 3 is 2.33 bits per heavy atom. The molecule has 0 aromatic carbocycles. The molecule has 0 saturated carbocycles. The Morgan fingerprint density at radius 2 is 1.78 bits per heavy atom. The van der Waals surface area contributed by atoms with E-state index < -0.39 is 0 Å². The van der Waals surface area contributed by atoms with Gasteiger partial charge in [-0.25, -0.2) is 0 Å². The molecule has 1 aliphatic rings. The Kier molecular flexibility index (Phi) is 2.78. The van der Waals surface area contributed by atoms with Crippen LogP contribution in [-0.2, 0) is 0 Å². The summed E-state index contributed by atoms with van der Waals surface area (Å²) in [6.45, 7) is 8.20. The second-order valence-electron chi connectivity index (χ2n) is 2.48. The Bertz CT molecular complexity index is 82.6. The topological polar surface area (TPSA) is 3.24 Å². The summed E-state index contributed by atoms with van der Waals surface area (Å²) >= 11 is 0. The van der Waals surface area contributed by atoms with E-state index >= 15 is 0 Å².